The predicted molar refractivity (Wildman–Crippen MR) is 80.3 cm³/mol. The number of H-pyrrole nitrogens is 1. The number of aromatic amines is 1. The topological polar surface area (TPSA) is 34.2 Å². The lowest BCUT2D eigenvalue weighted by Gasteiger charge is -2.11. The van der Waals surface area contributed by atoms with E-state index >= 15 is 0 Å². The normalized spacial score (nSPS) is 18.9. The number of fused-ring (bicyclic) bond motifs is 3. The molecule has 3 aromatic rings. The lowest BCUT2D eigenvalue weighted by atomic mass is 10.1. The molecule has 0 radical (unpaired) electrons. The molecule has 0 bridgehead atoms. The van der Waals surface area contributed by atoms with Gasteiger partial charge in [-0.3, -0.25) is 0 Å². The van der Waals surface area contributed by atoms with E-state index in [1.165, 1.54) is 16.3 Å². The van der Waals surface area contributed by atoms with Crippen LogP contribution in [0.1, 0.15) is 12.8 Å². The number of aromatic nitrogens is 1. The highest BCUT2D eigenvalue weighted by Crippen LogP contribution is 2.28. The van der Waals surface area contributed by atoms with Crippen LogP contribution in [0.25, 0.3) is 21.8 Å². The first kappa shape index (κ1) is 11.8. The fraction of sp³-hybridized carbons (Fsp3) is 0.294. The van der Waals surface area contributed by atoms with Gasteiger partial charge in [-0.15, -0.1) is 0 Å². The summed E-state index contributed by atoms with van der Waals surface area (Å²) in [6.07, 6.45) is 2.51. The van der Waals surface area contributed by atoms with Gasteiger partial charge in [0.1, 0.15) is 12.4 Å². The molecule has 1 fully saturated rings. The maximum absolute atomic E-state index is 5.85. The highest BCUT2D eigenvalue weighted by atomic mass is 16.5. The van der Waals surface area contributed by atoms with Gasteiger partial charge in [-0.25, -0.2) is 0 Å². The Morgan fingerprint density at radius 1 is 1.10 bits per heavy atom. The van der Waals surface area contributed by atoms with Gasteiger partial charge in [0.15, 0.2) is 0 Å². The van der Waals surface area contributed by atoms with E-state index in [0.29, 0.717) is 6.61 Å². The molecule has 1 saturated heterocycles. The first-order chi connectivity index (χ1) is 9.90. The molecular weight excluding hydrogens is 250 g/mol. The van der Waals surface area contributed by atoms with Gasteiger partial charge in [-0.1, -0.05) is 18.2 Å². The van der Waals surface area contributed by atoms with Crippen LogP contribution in [0.2, 0.25) is 0 Å². The van der Waals surface area contributed by atoms with E-state index in [-0.39, 0.29) is 6.10 Å². The maximum atomic E-state index is 5.85. The number of benzene rings is 2. The number of nitrogens with one attached hydrogen (secondary N) is 1. The number of rotatable bonds is 3. The third-order valence-corrected chi connectivity index (χ3v) is 3.94. The standard InChI is InChI=1S/C17H17NO2/c1-2-6-16-14(5-1)15-8-7-12(10-17(15)18-16)20-11-13-4-3-9-19-13/h1-2,5-8,10,13,18H,3-4,9,11H2. The van der Waals surface area contributed by atoms with Gasteiger partial charge in [-0.05, 0) is 31.0 Å². The Labute approximate surface area is 117 Å². The molecule has 0 amide bonds. The lowest BCUT2D eigenvalue weighted by molar-refractivity contribution is 0.0680. The van der Waals surface area contributed by atoms with Gasteiger partial charge >= 0.3 is 0 Å². The Kier molecular flexibility index (Phi) is 2.85. The Bertz CT molecular complexity index is 741. The molecule has 1 aliphatic heterocycles. The van der Waals surface area contributed by atoms with Crippen molar-refractivity contribution in [3.63, 3.8) is 0 Å². The summed E-state index contributed by atoms with van der Waals surface area (Å²) < 4.78 is 11.4. The minimum absolute atomic E-state index is 0.258. The van der Waals surface area contributed by atoms with Crippen molar-refractivity contribution in [3.05, 3.63) is 42.5 Å². The summed E-state index contributed by atoms with van der Waals surface area (Å²) in [4.78, 5) is 3.44. The average Bonchev–Trinajstić information content (AvgIpc) is 3.12. The van der Waals surface area contributed by atoms with Gasteiger partial charge in [0.05, 0.1) is 11.6 Å². The molecule has 0 aliphatic carbocycles. The van der Waals surface area contributed by atoms with E-state index in [4.69, 9.17) is 9.47 Å². The summed E-state index contributed by atoms with van der Waals surface area (Å²) in [7, 11) is 0. The molecule has 1 aliphatic rings. The lowest BCUT2D eigenvalue weighted by Crippen LogP contribution is -2.16. The van der Waals surface area contributed by atoms with E-state index in [0.717, 1.165) is 30.7 Å². The molecule has 1 atom stereocenters. The predicted octanol–water partition coefficient (Wildman–Crippen LogP) is 3.88. The number of para-hydroxylation sites is 1. The van der Waals surface area contributed by atoms with Crippen molar-refractivity contribution in [1.29, 1.82) is 0 Å². The molecule has 3 nitrogen and oxygen atoms in total. The SMILES string of the molecule is c1ccc2c(c1)[nH]c1cc(OCC3CCCO3)ccc12. The fourth-order valence-corrected chi connectivity index (χ4v) is 2.89. The molecule has 0 saturated carbocycles. The summed E-state index contributed by atoms with van der Waals surface area (Å²) >= 11 is 0. The van der Waals surface area contributed by atoms with E-state index in [1.54, 1.807) is 0 Å². The summed E-state index contributed by atoms with van der Waals surface area (Å²) in [5, 5.41) is 2.50. The number of hydrogen-bond donors (Lipinski definition) is 1. The van der Waals surface area contributed by atoms with Crippen molar-refractivity contribution < 1.29 is 9.47 Å². The van der Waals surface area contributed by atoms with Crippen LogP contribution in [0.5, 0.6) is 5.75 Å². The van der Waals surface area contributed by atoms with E-state index in [1.807, 2.05) is 12.1 Å². The molecule has 2 heterocycles. The smallest absolute Gasteiger partial charge is 0.121 e. The molecule has 3 heteroatoms. The summed E-state index contributed by atoms with van der Waals surface area (Å²) in [6, 6.07) is 14.6. The minimum Gasteiger partial charge on any atom is -0.491 e. The van der Waals surface area contributed by atoms with E-state index in [9.17, 15) is 0 Å². The van der Waals surface area contributed by atoms with Gasteiger partial charge in [-0.2, -0.15) is 0 Å². The Morgan fingerprint density at radius 2 is 2.00 bits per heavy atom. The summed E-state index contributed by atoms with van der Waals surface area (Å²) in [5.74, 6) is 0.902. The van der Waals surface area contributed by atoms with Gasteiger partial charge in [0, 0.05) is 29.0 Å². The third-order valence-electron chi connectivity index (χ3n) is 3.94. The van der Waals surface area contributed by atoms with Crippen molar-refractivity contribution in [3.8, 4) is 5.75 Å². The van der Waals surface area contributed by atoms with E-state index < -0.39 is 0 Å². The molecule has 4 rings (SSSR count). The molecular formula is C17H17NO2. The first-order valence-electron chi connectivity index (χ1n) is 7.15. The highest BCUT2D eigenvalue weighted by Gasteiger charge is 2.16. The average molecular weight is 267 g/mol. The fourth-order valence-electron chi connectivity index (χ4n) is 2.89. The maximum Gasteiger partial charge on any atom is 0.121 e. The van der Waals surface area contributed by atoms with Crippen LogP contribution in [0.15, 0.2) is 42.5 Å². The monoisotopic (exact) mass is 267 g/mol. The van der Waals surface area contributed by atoms with Crippen LogP contribution < -0.4 is 4.74 Å². The van der Waals surface area contributed by atoms with Crippen LogP contribution in [-0.4, -0.2) is 24.3 Å². The number of ether oxygens (including phenoxy) is 2. The van der Waals surface area contributed by atoms with Crippen molar-refractivity contribution in [2.45, 2.75) is 18.9 Å². The van der Waals surface area contributed by atoms with Crippen LogP contribution in [0.4, 0.5) is 0 Å². The van der Waals surface area contributed by atoms with Crippen LogP contribution in [0, 0.1) is 0 Å². The third kappa shape index (κ3) is 2.04. The van der Waals surface area contributed by atoms with Crippen LogP contribution in [0.3, 0.4) is 0 Å². The van der Waals surface area contributed by atoms with Crippen molar-refractivity contribution in [2.75, 3.05) is 13.2 Å². The quantitative estimate of drug-likeness (QED) is 0.781. The van der Waals surface area contributed by atoms with Gasteiger partial charge in [0.25, 0.3) is 0 Å². The van der Waals surface area contributed by atoms with Crippen molar-refractivity contribution in [2.24, 2.45) is 0 Å². The second-order valence-electron chi connectivity index (χ2n) is 5.32. The molecule has 1 N–H and O–H groups in total. The first-order valence-corrected chi connectivity index (χ1v) is 7.15. The van der Waals surface area contributed by atoms with E-state index in [2.05, 4.69) is 35.3 Å². The van der Waals surface area contributed by atoms with Crippen LogP contribution in [-0.2, 0) is 4.74 Å². The highest BCUT2D eigenvalue weighted by molar-refractivity contribution is 6.07. The zero-order valence-electron chi connectivity index (χ0n) is 11.3. The molecule has 20 heavy (non-hydrogen) atoms. The van der Waals surface area contributed by atoms with Crippen LogP contribution >= 0.6 is 0 Å². The van der Waals surface area contributed by atoms with Crippen molar-refractivity contribution in [1.82, 2.24) is 4.98 Å². The second-order valence-corrected chi connectivity index (χ2v) is 5.32. The summed E-state index contributed by atoms with van der Waals surface area (Å²) in [6.45, 7) is 1.51. The van der Waals surface area contributed by atoms with Gasteiger partial charge < -0.3 is 14.5 Å². The molecule has 1 aromatic heterocycles. The minimum atomic E-state index is 0.258. The largest absolute Gasteiger partial charge is 0.491 e. The Balaban J connectivity index is 1.62. The number of hydrogen-bond acceptors (Lipinski definition) is 2. The Morgan fingerprint density at radius 3 is 2.90 bits per heavy atom. The molecule has 1 unspecified atom stereocenters. The molecule has 0 spiro atoms. The Hall–Kier alpha value is -2.00. The zero-order chi connectivity index (χ0) is 13.4. The second kappa shape index (κ2) is 4.84. The molecule has 2 aromatic carbocycles. The molecule has 102 valence electrons. The summed E-state index contributed by atoms with van der Waals surface area (Å²) in [5.41, 5.74) is 2.29. The zero-order valence-corrected chi connectivity index (χ0v) is 11.3. The van der Waals surface area contributed by atoms with Gasteiger partial charge in [0.2, 0.25) is 0 Å². The van der Waals surface area contributed by atoms with Crippen molar-refractivity contribution >= 4 is 21.8 Å².